The van der Waals surface area contributed by atoms with Crippen molar-refractivity contribution in [3.05, 3.63) is 59.8 Å². The molecular formula is C14H16. The summed E-state index contributed by atoms with van der Waals surface area (Å²) in [5, 5.41) is 0. The fraction of sp³-hybridized carbons (Fsp3) is 0.286. The number of hydrogen-bond donors (Lipinski definition) is 0. The van der Waals surface area contributed by atoms with Crippen LogP contribution in [-0.4, -0.2) is 0 Å². The molecule has 72 valence electrons. The van der Waals surface area contributed by atoms with Crippen LogP contribution in [0.15, 0.2) is 59.8 Å². The molecule has 0 nitrogen and oxygen atoms in total. The van der Waals surface area contributed by atoms with Gasteiger partial charge in [-0.05, 0) is 23.0 Å². The lowest BCUT2D eigenvalue weighted by Crippen LogP contribution is -1.95. The molecule has 0 saturated heterocycles. The van der Waals surface area contributed by atoms with Gasteiger partial charge in [0.25, 0.3) is 0 Å². The summed E-state index contributed by atoms with van der Waals surface area (Å²) in [7, 11) is 0. The first kappa shape index (κ1) is 9.26. The Morgan fingerprint density at radius 3 is 1.21 bits per heavy atom. The third-order valence-electron chi connectivity index (χ3n) is 2.65. The average molecular weight is 184 g/mol. The van der Waals surface area contributed by atoms with E-state index in [0.717, 1.165) is 0 Å². The summed E-state index contributed by atoms with van der Waals surface area (Å²) in [6.07, 6.45) is 17.8. The van der Waals surface area contributed by atoms with Crippen molar-refractivity contribution in [1.82, 2.24) is 0 Å². The molecule has 0 unspecified atom stereocenters. The molecule has 0 N–H and O–H groups in total. The molecule has 0 fully saturated rings. The number of allylic oxidation sites excluding steroid dienone is 10. The lowest BCUT2D eigenvalue weighted by Gasteiger charge is -2.11. The minimum absolute atomic E-state index is 0.579. The second-order valence-electron chi connectivity index (χ2n) is 4.07. The van der Waals surface area contributed by atoms with Crippen LogP contribution in [0, 0.1) is 11.8 Å². The van der Waals surface area contributed by atoms with Gasteiger partial charge in [-0.2, -0.15) is 0 Å². The van der Waals surface area contributed by atoms with Crippen LogP contribution in [0.3, 0.4) is 0 Å². The Balaban J connectivity index is 2.26. The maximum atomic E-state index is 2.24. The van der Waals surface area contributed by atoms with Gasteiger partial charge in [-0.1, -0.05) is 62.5 Å². The minimum atomic E-state index is 0.579. The lowest BCUT2D eigenvalue weighted by atomic mass is 9.94. The van der Waals surface area contributed by atoms with E-state index in [9.17, 15) is 0 Å². The molecule has 14 heavy (non-hydrogen) atoms. The van der Waals surface area contributed by atoms with Gasteiger partial charge in [-0.15, -0.1) is 0 Å². The van der Waals surface area contributed by atoms with E-state index in [-0.39, 0.29) is 0 Å². The topological polar surface area (TPSA) is 0 Å². The maximum Gasteiger partial charge on any atom is -0.00752 e. The summed E-state index contributed by atoms with van der Waals surface area (Å²) < 4.78 is 0. The summed E-state index contributed by atoms with van der Waals surface area (Å²) in [5.74, 6) is 1.16. The van der Waals surface area contributed by atoms with Crippen LogP contribution in [0.1, 0.15) is 13.8 Å². The van der Waals surface area contributed by atoms with Crippen molar-refractivity contribution >= 4 is 0 Å². The average Bonchev–Trinajstić information content (AvgIpc) is 2.21. The first-order valence-electron chi connectivity index (χ1n) is 5.23. The standard InChI is InChI=1S/C14H16/c1-11-3-7-13(8-4-11)14-9-5-12(2)6-10-14/h3-12H,1-2H3. The summed E-state index contributed by atoms with van der Waals surface area (Å²) in [6, 6.07) is 0. The van der Waals surface area contributed by atoms with Crippen molar-refractivity contribution < 1.29 is 0 Å². The lowest BCUT2D eigenvalue weighted by molar-refractivity contribution is 0.920. The summed E-state index contributed by atoms with van der Waals surface area (Å²) in [6.45, 7) is 4.39. The van der Waals surface area contributed by atoms with Gasteiger partial charge in [0.15, 0.2) is 0 Å². The van der Waals surface area contributed by atoms with E-state index < -0.39 is 0 Å². The highest BCUT2D eigenvalue weighted by molar-refractivity contribution is 5.50. The fourth-order valence-electron chi connectivity index (χ4n) is 1.65. The van der Waals surface area contributed by atoms with Crippen LogP contribution >= 0.6 is 0 Å². The predicted molar refractivity (Wildman–Crippen MR) is 61.9 cm³/mol. The van der Waals surface area contributed by atoms with Gasteiger partial charge in [0.1, 0.15) is 0 Å². The SMILES string of the molecule is CC1C=CC(=C2C=CC(C)C=C2)C=C1. The molecule has 0 aromatic rings. The van der Waals surface area contributed by atoms with Gasteiger partial charge in [0, 0.05) is 0 Å². The molecule has 0 atom stereocenters. The third-order valence-corrected chi connectivity index (χ3v) is 2.65. The molecule has 0 saturated carbocycles. The van der Waals surface area contributed by atoms with E-state index in [0.29, 0.717) is 11.8 Å². The Labute approximate surface area is 86.0 Å². The molecule has 2 aliphatic carbocycles. The molecule has 0 aromatic heterocycles. The molecule has 2 rings (SSSR count). The van der Waals surface area contributed by atoms with Crippen molar-refractivity contribution in [2.24, 2.45) is 11.8 Å². The van der Waals surface area contributed by atoms with E-state index in [2.05, 4.69) is 62.5 Å². The van der Waals surface area contributed by atoms with Gasteiger partial charge in [0.05, 0.1) is 0 Å². The molecule has 0 aliphatic heterocycles. The highest BCUT2D eigenvalue weighted by Crippen LogP contribution is 2.22. The van der Waals surface area contributed by atoms with Crippen molar-refractivity contribution in [2.45, 2.75) is 13.8 Å². The first-order valence-corrected chi connectivity index (χ1v) is 5.23. The van der Waals surface area contributed by atoms with Crippen molar-refractivity contribution in [3.63, 3.8) is 0 Å². The molecule has 0 aromatic carbocycles. The van der Waals surface area contributed by atoms with Crippen LogP contribution in [0.4, 0.5) is 0 Å². The first-order chi connectivity index (χ1) is 6.75. The highest BCUT2D eigenvalue weighted by Gasteiger charge is 2.04. The molecule has 0 heteroatoms. The van der Waals surface area contributed by atoms with Crippen LogP contribution in [0.2, 0.25) is 0 Å². The van der Waals surface area contributed by atoms with Gasteiger partial charge >= 0.3 is 0 Å². The zero-order valence-electron chi connectivity index (χ0n) is 8.77. The van der Waals surface area contributed by atoms with E-state index in [1.54, 1.807) is 0 Å². The van der Waals surface area contributed by atoms with E-state index in [1.165, 1.54) is 11.1 Å². The Morgan fingerprint density at radius 1 is 0.643 bits per heavy atom. The molecular weight excluding hydrogens is 168 g/mol. The Kier molecular flexibility index (Phi) is 2.53. The van der Waals surface area contributed by atoms with Gasteiger partial charge in [0.2, 0.25) is 0 Å². The molecule has 0 heterocycles. The summed E-state index contributed by atoms with van der Waals surface area (Å²) in [5.41, 5.74) is 2.64. The number of hydrogen-bond acceptors (Lipinski definition) is 0. The van der Waals surface area contributed by atoms with Crippen LogP contribution in [0.25, 0.3) is 0 Å². The minimum Gasteiger partial charge on any atom is -0.0773 e. The third kappa shape index (κ3) is 1.95. The maximum absolute atomic E-state index is 2.24. The highest BCUT2D eigenvalue weighted by atomic mass is 14.1. The predicted octanol–water partition coefficient (Wildman–Crippen LogP) is 3.81. The van der Waals surface area contributed by atoms with Gasteiger partial charge in [-0.25, -0.2) is 0 Å². The van der Waals surface area contributed by atoms with Crippen LogP contribution in [-0.2, 0) is 0 Å². The molecule has 0 bridgehead atoms. The van der Waals surface area contributed by atoms with E-state index in [1.807, 2.05) is 0 Å². The van der Waals surface area contributed by atoms with Gasteiger partial charge < -0.3 is 0 Å². The quantitative estimate of drug-likeness (QED) is 0.537. The zero-order valence-corrected chi connectivity index (χ0v) is 8.77. The Bertz CT molecular complexity index is 293. The Morgan fingerprint density at radius 2 is 0.929 bits per heavy atom. The molecule has 0 radical (unpaired) electrons. The Hall–Kier alpha value is -1.30. The fourth-order valence-corrected chi connectivity index (χ4v) is 1.65. The second-order valence-corrected chi connectivity index (χ2v) is 4.07. The smallest absolute Gasteiger partial charge is 0.00752 e. The largest absolute Gasteiger partial charge is 0.0773 e. The molecule has 2 aliphatic rings. The summed E-state index contributed by atoms with van der Waals surface area (Å²) >= 11 is 0. The number of rotatable bonds is 0. The van der Waals surface area contributed by atoms with Crippen molar-refractivity contribution in [3.8, 4) is 0 Å². The van der Waals surface area contributed by atoms with Crippen LogP contribution in [0.5, 0.6) is 0 Å². The summed E-state index contributed by atoms with van der Waals surface area (Å²) in [4.78, 5) is 0. The van der Waals surface area contributed by atoms with E-state index >= 15 is 0 Å². The zero-order chi connectivity index (χ0) is 9.97. The normalized spacial score (nSPS) is 30.1. The van der Waals surface area contributed by atoms with Crippen LogP contribution < -0.4 is 0 Å². The van der Waals surface area contributed by atoms with Gasteiger partial charge in [-0.3, -0.25) is 0 Å². The second kappa shape index (κ2) is 3.83. The van der Waals surface area contributed by atoms with Crippen molar-refractivity contribution in [1.29, 1.82) is 0 Å². The van der Waals surface area contributed by atoms with E-state index in [4.69, 9.17) is 0 Å². The van der Waals surface area contributed by atoms with Crippen molar-refractivity contribution in [2.75, 3.05) is 0 Å². The molecule has 0 spiro atoms. The molecule has 0 amide bonds. The monoisotopic (exact) mass is 184 g/mol.